The Morgan fingerprint density at radius 3 is 2.94 bits per heavy atom. The van der Waals surface area contributed by atoms with E-state index in [4.69, 9.17) is 5.73 Å². The fourth-order valence-corrected chi connectivity index (χ4v) is 1.94. The Kier molecular flexibility index (Phi) is 3.47. The molecular weight excluding hydrogens is 252 g/mol. The van der Waals surface area contributed by atoms with Crippen molar-refractivity contribution in [2.24, 2.45) is 5.73 Å². The van der Waals surface area contributed by atoms with Crippen LogP contribution >= 0.6 is 11.8 Å². The first-order valence-corrected chi connectivity index (χ1v) is 6.34. The SMILES string of the molecule is CSc1nnnn1-c1cc(C)ccc1NC(N)=O. The third-order valence-corrected chi connectivity index (χ3v) is 2.88. The van der Waals surface area contributed by atoms with Gasteiger partial charge < -0.3 is 11.1 Å². The first-order valence-electron chi connectivity index (χ1n) is 5.11. The van der Waals surface area contributed by atoms with Gasteiger partial charge in [-0.2, -0.15) is 4.68 Å². The Hall–Kier alpha value is -2.09. The van der Waals surface area contributed by atoms with Gasteiger partial charge >= 0.3 is 6.03 Å². The second-order valence-electron chi connectivity index (χ2n) is 3.59. The number of benzene rings is 1. The van der Waals surface area contributed by atoms with Gasteiger partial charge in [-0.25, -0.2) is 4.79 Å². The van der Waals surface area contributed by atoms with Gasteiger partial charge in [-0.3, -0.25) is 0 Å². The van der Waals surface area contributed by atoms with Crippen LogP contribution in [0.2, 0.25) is 0 Å². The summed E-state index contributed by atoms with van der Waals surface area (Å²) in [7, 11) is 0. The van der Waals surface area contributed by atoms with E-state index in [1.165, 1.54) is 11.8 Å². The summed E-state index contributed by atoms with van der Waals surface area (Å²) in [5, 5.41) is 14.6. The van der Waals surface area contributed by atoms with Gasteiger partial charge in [0.2, 0.25) is 5.16 Å². The average molecular weight is 264 g/mol. The zero-order chi connectivity index (χ0) is 13.1. The quantitative estimate of drug-likeness (QED) is 0.811. The molecule has 94 valence electrons. The number of aryl methyl sites for hydroxylation is 1. The van der Waals surface area contributed by atoms with Crippen LogP contribution in [0.15, 0.2) is 23.4 Å². The standard InChI is InChI=1S/C10H12N6OS/c1-6-3-4-7(12-9(11)17)8(5-6)16-10(18-2)13-14-15-16/h3-5H,1-2H3,(H3,11,12,17). The molecular formula is C10H12N6OS. The van der Waals surface area contributed by atoms with E-state index in [1.807, 2.05) is 25.3 Å². The summed E-state index contributed by atoms with van der Waals surface area (Å²) in [6.07, 6.45) is 1.87. The fourth-order valence-electron chi connectivity index (χ4n) is 1.51. The summed E-state index contributed by atoms with van der Waals surface area (Å²) in [6, 6.07) is 4.89. The van der Waals surface area contributed by atoms with Crippen LogP contribution in [-0.4, -0.2) is 32.5 Å². The first kappa shape index (κ1) is 12.4. The number of aromatic nitrogens is 4. The highest BCUT2D eigenvalue weighted by atomic mass is 32.2. The number of anilines is 1. The molecule has 0 aliphatic heterocycles. The van der Waals surface area contributed by atoms with Crippen LogP contribution in [0.5, 0.6) is 0 Å². The molecule has 18 heavy (non-hydrogen) atoms. The smallest absolute Gasteiger partial charge is 0.316 e. The van der Waals surface area contributed by atoms with E-state index in [-0.39, 0.29) is 0 Å². The van der Waals surface area contributed by atoms with E-state index in [9.17, 15) is 4.79 Å². The van der Waals surface area contributed by atoms with Gasteiger partial charge in [-0.1, -0.05) is 17.8 Å². The summed E-state index contributed by atoms with van der Waals surface area (Å²) in [6.45, 7) is 1.95. The van der Waals surface area contributed by atoms with Crippen molar-refractivity contribution in [3.63, 3.8) is 0 Å². The molecule has 8 heteroatoms. The molecule has 2 rings (SSSR count). The van der Waals surface area contributed by atoms with Crippen molar-refractivity contribution in [2.45, 2.75) is 12.1 Å². The molecule has 2 amide bonds. The van der Waals surface area contributed by atoms with Gasteiger partial charge in [-0.15, -0.1) is 5.10 Å². The van der Waals surface area contributed by atoms with E-state index in [0.717, 1.165) is 5.56 Å². The van der Waals surface area contributed by atoms with Gasteiger partial charge in [-0.05, 0) is 41.3 Å². The summed E-state index contributed by atoms with van der Waals surface area (Å²) in [5.41, 5.74) is 7.42. The zero-order valence-corrected chi connectivity index (χ0v) is 10.7. The molecule has 0 bridgehead atoms. The van der Waals surface area contributed by atoms with Crippen molar-refractivity contribution in [1.82, 2.24) is 20.2 Å². The Morgan fingerprint density at radius 1 is 1.50 bits per heavy atom. The molecule has 0 aliphatic rings. The molecule has 0 radical (unpaired) electrons. The normalized spacial score (nSPS) is 10.3. The van der Waals surface area contributed by atoms with Gasteiger partial charge in [0, 0.05) is 0 Å². The molecule has 3 N–H and O–H groups in total. The highest BCUT2D eigenvalue weighted by molar-refractivity contribution is 7.98. The van der Waals surface area contributed by atoms with Gasteiger partial charge in [0.15, 0.2) is 0 Å². The molecule has 1 aromatic heterocycles. The van der Waals surface area contributed by atoms with Crippen LogP contribution in [0.3, 0.4) is 0 Å². The van der Waals surface area contributed by atoms with Crippen LogP contribution in [0, 0.1) is 6.92 Å². The highest BCUT2D eigenvalue weighted by Crippen LogP contribution is 2.24. The topological polar surface area (TPSA) is 98.7 Å². The molecule has 0 fully saturated rings. The molecule has 0 saturated heterocycles. The Balaban J connectivity index is 2.54. The number of nitrogens with zero attached hydrogens (tertiary/aromatic N) is 4. The summed E-state index contributed by atoms with van der Waals surface area (Å²) in [4.78, 5) is 11.0. The largest absolute Gasteiger partial charge is 0.351 e. The van der Waals surface area contributed by atoms with E-state index < -0.39 is 6.03 Å². The maximum atomic E-state index is 11.0. The van der Waals surface area contributed by atoms with Crippen molar-refractivity contribution in [1.29, 1.82) is 0 Å². The summed E-state index contributed by atoms with van der Waals surface area (Å²) < 4.78 is 1.56. The zero-order valence-electron chi connectivity index (χ0n) is 9.91. The lowest BCUT2D eigenvalue weighted by atomic mass is 10.2. The number of rotatable bonds is 3. The van der Waals surface area contributed by atoms with Crippen LogP contribution in [0.1, 0.15) is 5.56 Å². The lowest BCUT2D eigenvalue weighted by Crippen LogP contribution is -2.20. The van der Waals surface area contributed by atoms with Crippen LogP contribution in [-0.2, 0) is 0 Å². The van der Waals surface area contributed by atoms with Gasteiger partial charge in [0.1, 0.15) is 0 Å². The lowest BCUT2D eigenvalue weighted by molar-refractivity contribution is 0.259. The number of urea groups is 1. The van der Waals surface area contributed by atoms with Crippen molar-refractivity contribution < 1.29 is 4.79 Å². The molecule has 1 heterocycles. The molecule has 7 nitrogen and oxygen atoms in total. The molecule has 1 aromatic carbocycles. The number of tetrazole rings is 1. The van der Waals surface area contributed by atoms with Crippen LogP contribution in [0.25, 0.3) is 5.69 Å². The number of thioether (sulfide) groups is 1. The number of nitrogens with two attached hydrogens (primary N) is 1. The van der Waals surface area contributed by atoms with Crippen molar-refractivity contribution >= 4 is 23.5 Å². The molecule has 0 unspecified atom stereocenters. The van der Waals surface area contributed by atoms with Gasteiger partial charge in [0.25, 0.3) is 0 Å². The van der Waals surface area contributed by atoms with Crippen molar-refractivity contribution in [2.75, 3.05) is 11.6 Å². The Labute approximate surface area is 108 Å². The average Bonchev–Trinajstić information content (AvgIpc) is 2.79. The maximum absolute atomic E-state index is 11.0. The minimum atomic E-state index is -0.626. The Morgan fingerprint density at radius 2 is 2.28 bits per heavy atom. The number of amides is 2. The number of nitrogens with one attached hydrogen (secondary N) is 1. The van der Waals surface area contributed by atoms with Crippen molar-refractivity contribution in [3.05, 3.63) is 23.8 Å². The van der Waals surface area contributed by atoms with Gasteiger partial charge in [0.05, 0.1) is 11.4 Å². The first-order chi connectivity index (χ1) is 8.61. The van der Waals surface area contributed by atoms with E-state index >= 15 is 0 Å². The second kappa shape index (κ2) is 5.05. The molecule has 0 spiro atoms. The molecule has 0 atom stereocenters. The van der Waals surface area contributed by atoms with Crippen molar-refractivity contribution in [3.8, 4) is 5.69 Å². The Bertz CT molecular complexity index is 581. The van der Waals surface area contributed by atoms with Crippen LogP contribution < -0.4 is 11.1 Å². The highest BCUT2D eigenvalue weighted by Gasteiger charge is 2.12. The minimum absolute atomic E-state index is 0.565. The third-order valence-electron chi connectivity index (χ3n) is 2.26. The third kappa shape index (κ3) is 2.43. The van der Waals surface area contributed by atoms with E-state index in [1.54, 1.807) is 10.7 Å². The summed E-state index contributed by atoms with van der Waals surface area (Å²) in [5.74, 6) is 0. The van der Waals surface area contributed by atoms with E-state index in [0.29, 0.717) is 16.5 Å². The number of carbonyl (C=O) groups excluding carboxylic acids is 1. The lowest BCUT2D eigenvalue weighted by Gasteiger charge is -2.10. The van der Waals surface area contributed by atoms with E-state index in [2.05, 4.69) is 20.8 Å². The van der Waals surface area contributed by atoms with Crippen LogP contribution in [0.4, 0.5) is 10.5 Å². The number of carbonyl (C=O) groups is 1. The predicted molar refractivity (Wildman–Crippen MR) is 68.9 cm³/mol. The molecule has 2 aromatic rings. The summed E-state index contributed by atoms with van der Waals surface area (Å²) >= 11 is 1.41. The monoisotopic (exact) mass is 264 g/mol. The predicted octanol–water partition coefficient (Wildman–Crippen LogP) is 1.18. The number of primary amides is 1. The molecule has 0 saturated carbocycles. The maximum Gasteiger partial charge on any atom is 0.316 e. The minimum Gasteiger partial charge on any atom is -0.351 e. The second-order valence-corrected chi connectivity index (χ2v) is 4.36. The number of hydrogen-bond donors (Lipinski definition) is 2. The molecule has 0 aliphatic carbocycles. The fraction of sp³-hybridized carbons (Fsp3) is 0.200. The number of hydrogen-bond acceptors (Lipinski definition) is 5.